The third-order valence-corrected chi connectivity index (χ3v) is 3.42. The normalized spacial score (nSPS) is 16.7. The molecule has 1 aromatic rings. The van der Waals surface area contributed by atoms with Crippen molar-refractivity contribution in [3.05, 3.63) is 23.5 Å². The summed E-state index contributed by atoms with van der Waals surface area (Å²) in [5.74, 6) is 1.17. The Bertz CT molecular complexity index is 428. The molecule has 1 saturated heterocycles. The van der Waals surface area contributed by atoms with Gasteiger partial charge in [-0.2, -0.15) is 0 Å². The number of halogens is 1. The van der Waals surface area contributed by atoms with Crippen molar-refractivity contribution in [1.82, 2.24) is 5.32 Å². The molecule has 0 spiro atoms. The summed E-state index contributed by atoms with van der Waals surface area (Å²) in [7, 11) is 1.59. The van der Waals surface area contributed by atoms with E-state index in [0.717, 1.165) is 31.5 Å². The van der Waals surface area contributed by atoms with Crippen LogP contribution in [0.4, 0.5) is 4.39 Å². The van der Waals surface area contributed by atoms with E-state index in [9.17, 15) is 4.39 Å². The number of hydrogen-bond donors (Lipinski definition) is 1. The standard InChI is InChI=1S/C15H22FNO2/c1-10(2)19-15-9-13(16)12(8-14(15)18-3)11-4-6-17-7-5-11/h8-11,17H,4-7H2,1-3H3. The molecular formula is C15H22FNO2. The van der Waals surface area contributed by atoms with Crippen LogP contribution in [0.5, 0.6) is 11.5 Å². The summed E-state index contributed by atoms with van der Waals surface area (Å²) in [5.41, 5.74) is 0.745. The van der Waals surface area contributed by atoms with Gasteiger partial charge in [-0.05, 0) is 57.3 Å². The van der Waals surface area contributed by atoms with Gasteiger partial charge in [0.05, 0.1) is 13.2 Å². The molecule has 0 atom stereocenters. The fraction of sp³-hybridized carbons (Fsp3) is 0.600. The fourth-order valence-electron chi connectivity index (χ4n) is 2.50. The van der Waals surface area contributed by atoms with Crippen LogP contribution in [0.3, 0.4) is 0 Å². The van der Waals surface area contributed by atoms with E-state index >= 15 is 0 Å². The molecule has 0 amide bonds. The van der Waals surface area contributed by atoms with Crippen molar-refractivity contribution in [3.63, 3.8) is 0 Å². The van der Waals surface area contributed by atoms with Gasteiger partial charge in [0.1, 0.15) is 5.82 Å². The van der Waals surface area contributed by atoms with Gasteiger partial charge < -0.3 is 14.8 Å². The first kappa shape index (κ1) is 14.1. The molecular weight excluding hydrogens is 245 g/mol. The maximum atomic E-state index is 14.2. The molecule has 2 rings (SSSR count). The van der Waals surface area contributed by atoms with Crippen molar-refractivity contribution < 1.29 is 13.9 Å². The lowest BCUT2D eigenvalue weighted by atomic mass is 9.89. The average molecular weight is 267 g/mol. The summed E-state index contributed by atoms with van der Waals surface area (Å²) in [5, 5.41) is 3.29. The molecule has 0 unspecified atom stereocenters. The van der Waals surface area contributed by atoms with Crippen LogP contribution in [0.15, 0.2) is 12.1 Å². The van der Waals surface area contributed by atoms with Gasteiger partial charge in [0.15, 0.2) is 11.5 Å². The molecule has 1 aromatic carbocycles. The van der Waals surface area contributed by atoms with Crippen LogP contribution in [0.1, 0.15) is 38.2 Å². The van der Waals surface area contributed by atoms with Crippen LogP contribution in [-0.4, -0.2) is 26.3 Å². The van der Waals surface area contributed by atoms with E-state index in [4.69, 9.17) is 9.47 Å². The molecule has 1 N–H and O–H groups in total. The molecule has 0 aliphatic carbocycles. The molecule has 4 heteroatoms. The number of rotatable bonds is 4. The predicted molar refractivity (Wildman–Crippen MR) is 73.6 cm³/mol. The monoisotopic (exact) mass is 267 g/mol. The third-order valence-electron chi connectivity index (χ3n) is 3.42. The predicted octanol–water partition coefficient (Wildman–Crippen LogP) is 3.09. The van der Waals surface area contributed by atoms with Gasteiger partial charge in [-0.15, -0.1) is 0 Å². The second-order valence-corrected chi connectivity index (χ2v) is 5.22. The minimum Gasteiger partial charge on any atom is -0.493 e. The Hall–Kier alpha value is -1.29. The zero-order valence-corrected chi connectivity index (χ0v) is 11.8. The first-order valence-electron chi connectivity index (χ1n) is 6.86. The van der Waals surface area contributed by atoms with Crippen molar-refractivity contribution in [3.8, 4) is 11.5 Å². The summed E-state index contributed by atoms with van der Waals surface area (Å²) in [6, 6.07) is 3.25. The molecule has 1 aliphatic heterocycles. The van der Waals surface area contributed by atoms with Crippen LogP contribution in [-0.2, 0) is 0 Å². The van der Waals surface area contributed by atoms with Crippen LogP contribution < -0.4 is 14.8 Å². The first-order valence-corrected chi connectivity index (χ1v) is 6.86. The van der Waals surface area contributed by atoms with E-state index in [2.05, 4.69) is 5.32 Å². The minimum atomic E-state index is -0.191. The molecule has 1 aliphatic rings. The summed E-state index contributed by atoms with van der Waals surface area (Å²) in [6.07, 6.45) is 1.92. The highest BCUT2D eigenvalue weighted by atomic mass is 19.1. The topological polar surface area (TPSA) is 30.5 Å². The average Bonchev–Trinajstić information content (AvgIpc) is 2.39. The molecule has 19 heavy (non-hydrogen) atoms. The van der Waals surface area contributed by atoms with Crippen molar-refractivity contribution in [2.75, 3.05) is 20.2 Å². The van der Waals surface area contributed by atoms with Crippen molar-refractivity contribution in [1.29, 1.82) is 0 Å². The third kappa shape index (κ3) is 3.38. The van der Waals surface area contributed by atoms with Gasteiger partial charge in [0.25, 0.3) is 0 Å². The first-order chi connectivity index (χ1) is 9.11. The van der Waals surface area contributed by atoms with Crippen LogP contribution in [0, 0.1) is 5.82 Å². The number of benzene rings is 1. The van der Waals surface area contributed by atoms with Gasteiger partial charge >= 0.3 is 0 Å². The summed E-state index contributed by atoms with van der Waals surface area (Å²) < 4.78 is 25.2. The zero-order chi connectivity index (χ0) is 13.8. The highest BCUT2D eigenvalue weighted by Crippen LogP contribution is 2.36. The Kier molecular flexibility index (Phi) is 4.64. The molecule has 3 nitrogen and oxygen atoms in total. The van der Waals surface area contributed by atoms with Crippen LogP contribution in [0.2, 0.25) is 0 Å². The molecule has 1 fully saturated rings. The van der Waals surface area contributed by atoms with E-state index in [-0.39, 0.29) is 17.8 Å². The molecule has 106 valence electrons. The van der Waals surface area contributed by atoms with E-state index in [1.165, 1.54) is 6.07 Å². The van der Waals surface area contributed by atoms with E-state index in [1.54, 1.807) is 13.2 Å². The van der Waals surface area contributed by atoms with Crippen LogP contribution >= 0.6 is 0 Å². The Morgan fingerprint density at radius 1 is 1.21 bits per heavy atom. The molecule has 0 aromatic heterocycles. The smallest absolute Gasteiger partial charge is 0.164 e. The van der Waals surface area contributed by atoms with Gasteiger partial charge in [-0.1, -0.05) is 0 Å². The van der Waals surface area contributed by atoms with Crippen LogP contribution in [0.25, 0.3) is 0 Å². The van der Waals surface area contributed by atoms with Crippen molar-refractivity contribution in [2.45, 2.75) is 38.7 Å². The SMILES string of the molecule is COc1cc(C2CCNCC2)c(F)cc1OC(C)C. The lowest BCUT2D eigenvalue weighted by Gasteiger charge is -2.24. The number of piperidine rings is 1. The molecule has 0 radical (unpaired) electrons. The van der Waals surface area contributed by atoms with Crippen molar-refractivity contribution in [2.24, 2.45) is 0 Å². The van der Waals surface area contributed by atoms with Gasteiger partial charge in [-0.3, -0.25) is 0 Å². The van der Waals surface area contributed by atoms with E-state index < -0.39 is 0 Å². The van der Waals surface area contributed by atoms with E-state index in [1.807, 2.05) is 13.8 Å². The number of hydrogen-bond acceptors (Lipinski definition) is 3. The molecule has 0 saturated carbocycles. The maximum absolute atomic E-state index is 14.2. The van der Waals surface area contributed by atoms with Crippen molar-refractivity contribution >= 4 is 0 Å². The van der Waals surface area contributed by atoms with Gasteiger partial charge in [-0.25, -0.2) is 4.39 Å². The highest BCUT2D eigenvalue weighted by molar-refractivity contribution is 5.45. The lowest BCUT2D eigenvalue weighted by Crippen LogP contribution is -2.27. The largest absolute Gasteiger partial charge is 0.493 e. The summed E-state index contributed by atoms with van der Waals surface area (Å²) in [4.78, 5) is 0. The quantitative estimate of drug-likeness (QED) is 0.909. The number of ether oxygens (including phenoxy) is 2. The Morgan fingerprint density at radius 3 is 2.47 bits per heavy atom. The second kappa shape index (κ2) is 6.24. The lowest BCUT2D eigenvalue weighted by molar-refractivity contribution is 0.228. The Balaban J connectivity index is 2.29. The Morgan fingerprint density at radius 2 is 1.89 bits per heavy atom. The molecule has 0 bridgehead atoms. The summed E-state index contributed by atoms with van der Waals surface area (Å²) >= 11 is 0. The number of nitrogens with one attached hydrogen (secondary N) is 1. The summed E-state index contributed by atoms with van der Waals surface area (Å²) in [6.45, 7) is 5.71. The zero-order valence-electron chi connectivity index (χ0n) is 11.8. The van der Waals surface area contributed by atoms with Gasteiger partial charge in [0.2, 0.25) is 0 Å². The fourth-order valence-corrected chi connectivity index (χ4v) is 2.50. The number of methoxy groups -OCH3 is 1. The van der Waals surface area contributed by atoms with E-state index in [0.29, 0.717) is 11.5 Å². The highest BCUT2D eigenvalue weighted by Gasteiger charge is 2.21. The maximum Gasteiger partial charge on any atom is 0.164 e. The van der Waals surface area contributed by atoms with Gasteiger partial charge in [0, 0.05) is 6.07 Å². The minimum absolute atomic E-state index is 0.00182. The second-order valence-electron chi connectivity index (χ2n) is 5.22. The molecule has 1 heterocycles. The Labute approximate surface area is 114 Å².